The second-order valence-electron chi connectivity index (χ2n) is 4.68. The highest BCUT2D eigenvalue weighted by Crippen LogP contribution is 2.31. The van der Waals surface area contributed by atoms with E-state index in [-0.39, 0.29) is 0 Å². The molecule has 1 fully saturated rings. The smallest absolute Gasteiger partial charge is 0.0603 e. The number of thioether (sulfide) groups is 1. The first kappa shape index (κ1) is 12.9. The fourth-order valence-electron chi connectivity index (χ4n) is 2.16. The summed E-state index contributed by atoms with van der Waals surface area (Å²) in [5.74, 6) is 0. The lowest BCUT2D eigenvalue weighted by atomic mass is 10.1. The average molecular weight is 251 g/mol. The second kappa shape index (κ2) is 5.89. The molecule has 1 aliphatic heterocycles. The maximum absolute atomic E-state index is 5.60. The van der Waals surface area contributed by atoms with Gasteiger partial charge in [0.2, 0.25) is 0 Å². The summed E-state index contributed by atoms with van der Waals surface area (Å²) in [7, 11) is 2.05. The van der Waals surface area contributed by atoms with Gasteiger partial charge in [0.05, 0.1) is 6.61 Å². The fourth-order valence-corrected chi connectivity index (χ4v) is 3.59. The zero-order chi connectivity index (χ0) is 12.3. The van der Waals surface area contributed by atoms with Gasteiger partial charge in [-0.25, -0.2) is 0 Å². The van der Waals surface area contributed by atoms with Crippen molar-refractivity contribution in [1.29, 1.82) is 0 Å². The minimum absolute atomic E-state index is 0.522. The number of aryl methyl sites for hydroxylation is 2. The molecule has 1 aromatic rings. The summed E-state index contributed by atoms with van der Waals surface area (Å²) in [6.07, 6.45) is 1.11. The molecule has 0 bridgehead atoms. The van der Waals surface area contributed by atoms with Gasteiger partial charge in [0, 0.05) is 22.8 Å². The zero-order valence-corrected chi connectivity index (χ0v) is 11.6. The minimum Gasteiger partial charge on any atom is -0.380 e. The van der Waals surface area contributed by atoms with Crippen molar-refractivity contribution in [1.82, 2.24) is 5.32 Å². The van der Waals surface area contributed by atoms with Crippen LogP contribution in [0, 0.1) is 13.8 Å². The van der Waals surface area contributed by atoms with Crippen LogP contribution in [-0.4, -0.2) is 31.6 Å². The first-order chi connectivity index (χ1) is 8.20. The van der Waals surface area contributed by atoms with Crippen molar-refractivity contribution in [2.75, 3.05) is 20.3 Å². The van der Waals surface area contributed by atoms with Crippen molar-refractivity contribution >= 4 is 11.8 Å². The van der Waals surface area contributed by atoms with E-state index in [9.17, 15) is 0 Å². The third-order valence-electron chi connectivity index (χ3n) is 3.30. The molecule has 0 spiro atoms. The molecule has 2 nitrogen and oxygen atoms in total. The van der Waals surface area contributed by atoms with Gasteiger partial charge in [-0.15, -0.1) is 11.8 Å². The van der Waals surface area contributed by atoms with E-state index >= 15 is 0 Å². The van der Waals surface area contributed by atoms with Gasteiger partial charge < -0.3 is 10.1 Å². The fraction of sp³-hybridized carbons (Fsp3) is 0.571. The predicted molar refractivity (Wildman–Crippen MR) is 73.8 cm³/mol. The van der Waals surface area contributed by atoms with Gasteiger partial charge in [0.25, 0.3) is 0 Å². The summed E-state index contributed by atoms with van der Waals surface area (Å²) >= 11 is 1.95. The van der Waals surface area contributed by atoms with Crippen molar-refractivity contribution in [3.63, 3.8) is 0 Å². The van der Waals surface area contributed by atoms with Gasteiger partial charge in [0.15, 0.2) is 0 Å². The van der Waals surface area contributed by atoms with Crippen LogP contribution in [0.3, 0.4) is 0 Å². The highest BCUT2D eigenvalue weighted by Gasteiger charge is 2.25. The Balaban J connectivity index is 2.10. The lowest BCUT2D eigenvalue weighted by molar-refractivity contribution is 0.0850. The Morgan fingerprint density at radius 1 is 1.35 bits per heavy atom. The molecule has 1 saturated heterocycles. The third-order valence-corrected chi connectivity index (χ3v) is 4.76. The molecular formula is C14H21NOS. The molecule has 0 aromatic heterocycles. The average Bonchev–Trinajstić information content (AvgIpc) is 2.34. The van der Waals surface area contributed by atoms with Crippen molar-refractivity contribution in [2.24, 2.45) is 0 Å². The molecule has 0 aliphatic carbocycles. The normalized spacial score (nSPS) is 24.9. The van der Waals surface area contributed by atoms with Crippen LogP contribution in [0.15, 0.2) is 23.1 Å². The van der Waals surface area contributed by atoms with E-state index in [1.165, 1.54) is 16.0 Å². The molecule has 94 valence electrons. The maximum atomic E-state index is 5.60. The Bertz CT molecular complexity index is 380. The summed E-state index contributed by atoms with van der Waals surface area (Å²) in [5, 5.41) is 3.93. The van der Waals surface area contributed by atoms with Crippen molar-refractivity contribution in [3.05, 3.63) is 29.3 Å². The van der Waals surface area contributed by atoms with Crippen LogP contribution in [0.1, 0.15) is 17.5 Å². The number of hydrogen-bond donors (Lipinski definition) is 1. The van der Waals surface area contributed by atoms with E-state index in [1.54, 1.807) is 0 Å². The first-order valence-corrected chi connectivity index (χ1v) is 7.07. The summed E-state index contributed by atoms with van der Waals surface area (Å²) in [5.41, 5.74) is 2.69. The van der Waals surface area contributed by atoms with Gasteiger partial charge in [-0.1, -0.05) is 17.7 Å². The second-order valence-corrected chi connectivity index (χ2v) is 5.97. The maximum Gasteiger partial charge on any atom is 0.0603 e. The van der Waals surface area contributed by atoms with Crippen molar-refractivity contribution < 1.29 is 4.74 Å². The Kier molecular flexibility index (Phi) is 4.48. The van der Waals surface area contributed by atoms with Crippen LogP contribution < -0.4 is 5.32 Å². The number of hydrogen-bond acceptors (Lipinski definition) is 3. The Morgan fingerprint density at radius 3 is 2.94 bits per heavy atom. The van der Waals surface area contributed by atoms with Gasteiger partial charge in [-0.2, -0.15) is 0 Å². The molecule has 2 unspecified atom stereocenters. The quantitative estimate of drug-likeness (QED) is 0.892. The molecule has 0 amide bonds. The summed E-state index contributed by atoms with van der Waals surface area (Å²) in [6.45, 7) is 6.06. The van der Waals surface area contributed by atoms with E-state index in [4.69, 9.17) is 4.74 Å². The SMILES string of the molecule is CNC1CCOCC1Sc1cc(C)ccc1C. The van der Waals surface area contributed by atoms with Crippen molar-refractivity contribution in [3.8, 4) is 0 Å². The first-order valence-electron chi connectivity index (χ1n) is 6.19. The van der Waals surface area contributed by atoms with Gasteiger partial charge in [-0.05, 0) is 38.9 Å². The molecule has 1 N–H and O–H groups in total. The van der Waals surface area contributed by atoms with Crippen LogP contribution in [-0.2, 0) is 4.74 Å². The molecular weight excluding hydrogens is 230 g/mol. The van der Waals surface area contributed by atoms with E-state index in [1.807, 2.05) is 18.8 Å². The zero-order valence-electron chi connectivity index (χ0n) is 10.8. The van der Waals surface area contributed by atoms with Crippen LogP contribution >= 0.6 is 11.8 Å². The molecule has 1 heterocycles. The lowest BCUT2D eigenvalue weighted by Gasteiger charge is -2.31. The largest absolute Gasteiger partial charge is 0.380 e. The Morgan fingerprint density at radius 2 is 2.18 bits per heavy atom. The summed E-state index contributed by atoms with van der Waals surface area (Å²) < 4.78 is 5.60. The number of rotatable bonds is 3. The molecule has 17 heavy (non-hydrogen) atoms. The molecule has 0 radical (unpaired) electrons. The van der Waals surface area contributed by atoms with Gasteiger partial charge in [0.1, 0.15) is 0 Å². The topological polar surface area (TPSA) is 21.3 Å². The van der Waals surface area contributed by atoms with E-state index < -0.39 is 0 Å². The van der Waals surface area contributed by atoms with Crippen molar-refractivity contribution in [2.45, 2.75) is 36.5 Å². The monoisotopic (exact) mass is 251 g/mol. The third kappa shape index (κ3) is 3.24. The van der Waals surface area contributed by atoms with Crippen LogP contribution in [0.4, 0.5) is 0 Å². The highest BCUT2D eigenvalue weighted by molar-refractivity contribution is 8.00. The van der Waals surface area contributed by atoms with E-state index in [0.29, 0.717) is 11.3 Å². The molecule has 1 aromatic carbocycles. The van der Waals surface area contributed by atoms with Crippen LogP contribution in [0.5, 0.6) is 0 Å². The molecule has 0 saturated carbocycles. The minimum atomic E-state index is 0.522. The Hall–Kier alpha value is -0.510. The highest BCUT2D eigenvalue weighted by atomic mass is 32.2. The summed E-state index contributed by atoms with van der Waals surface area (Å²) in [4.78, 5) is 1.39. The standard InChI is InChI=1S/C14H21NOS/c1-10-4-5-11(2)13(8-10)17-14-9-16-7-6-12(14)15-3/h4-5,8,12,14-15H,6-7,9H2,1-3H3. The lowest BCUT2D eigenvalue weighted by Crippen LogP contribution is -2.43. The van der Waals surface area contributed by atoms with Gasteiger partial charge in [-0.3, -0.25) is 0 Å². The Labute approximate surface area is 108 Å². The molecule has 2 rings (SSSR count). The van der Waals surface area contributed by atoms with E-state index in [0.717, 1.165) is 19.6 Å². The number of ether oxygens (including phenoxy) is 1. The molecule has 2 atom stereocenters. The van der Waals surface area contributed by atoms with E-state index in [2.05, 4.69) is 37.4 Å². The molecule has 3 heteroatoms. The predicted octanol–water partition coefficient (Wildman–Crippen LogP) is 2.77. The number of nitrogens with one attached hydrogen (secondary N) is 1. The summed E-state index contributed by atoms with van der Waals surface area (Å²) in [6, 6.07) is 7.22. The van der Waals surface area contributed by atoms with Crippen LogP contribution in [0.2, 0.25) is 0 Å². The van der Waals surface area contributed by atoms with Crippen LogP contribution in [0.25, 0.3) is 0 Å². The molecule has 1 aliphatic rings. The number of benzene rings is 1. The van der Waals surface area contributed by atoms with Gasteiger partial charge >= 0.3 is 0 Å².